The van der Waals surface area contributed by atoms with E-state index < -0.39 is 0 Å². The summed E-state index contributed by atoms with van der Waals surface area (Å²) in [5.41, 5.74) is 0.548. The highest BCUT2D eigenvalue weighted by molar-refractivity contribution is 7.11. The molecule has 0 saturated carbocycles. The number of halogens is 1. The first-order valence-electron chi connectivity index (χ1n) is 4.69. The van der Waals surface area contributed by atoms with Gasteiger partial charge >= 0.3 is 4.87 Å². The minimum Gasteiger partial charge on any atom is -0.316 e. The number of hydrogen-bond donors (Lipinski definition) is 2. The number of nitrogens with one attached hydrogen (secondary N) is 2. The molecule has 0 bridgehead atoms. The summed E-state index contributed by atoms with van der Waals surface area (Å²) in [6, 6.07) is 3.21. The number of amides is 1. The average molecular weight is 270 g/mol. The maximum atomic E-state index is 11.8. The molecule has 7 heteroatoms. The van der Waals surface area contributed by atoms with E-state index in [4.69, 9.17) is 11.6 Å². The number of carbonyl (C=O) groups is 1. The maximum absolute atomic E-state index is 11.8. The normalized spacial score (nSPS) is 10.2. The molecular formula is C10H8ClN3O2S. The predicted octanol–water partition coefficient (Wildman–Crippen LogP) is 2.05. The summed E-state index contributed by atoms with van der Waals surface area (Å²) in [6.07, 6.45) is 1.43. The summed E-state index contributed by atoms with van der Waals surface area (Å²) < 4.78 is 0. The third kappa shape index (κ3) is 2.72. The van der Waals surface area contributed by atoms with Gasteiger partial charge in [-0.25, -0.2) is 4.98 Å². The second-order valence-electron chi connectivity index (χ2n) is 3.28. The Morgan fingerprint density at radius 3 is 2.82 bits per heavy atom. The highest BCUT2D eigenvalue weighted by Crippen LogP contribution is 2.13. The number of aryl methyl sites for hydroxylation is 1. The van der Waals surface area contributed by atoms with E-state index >= 15 is 0 Å². The van der Waals surface area contributed by atoms with Crippen LogP contribution in [-0.4, -0.2) is 15.9 Å². The quantitative estimate of drug-likeness (QED) is 0.876. The van der Waals surface area contributed by atoms with Gasteiger partial charge in [0.05, 0.1) is 5.02 Å². The number of H-pyrrole nitrogens is 1. The lowest BCUT2D eigenvalue weighted by Crippen LogP contribution is -2.12. The van der Waals surface area contributed by atoms with Crippen LogP contribution in [0.25, 0.3) is 0 Å². The molecule has 0 aliphatic rings. The number of anilines is 1. The molecule has 0 spiro atoms. The number of aromatic amines is 1. The van der Waals surface area contributed by atoms with Gasteiger partial charge in [0.1, 0.15) is 10.7 Å². The van der Waals surface area contributed by atoms with Crippen LogP contribution in [0, 0.1) is 6.92 Å². The minimum absolute atomic E-state index is 0.253. The highest BCUT2D eigenvalue weighted by atomic mass is 35.5. The molecular weight excluding hydrogens is 262 g/mol. The van der Waals surface area contributed by atoms with Crippen LogP contribution >= 0.6 is 22.9 Å². The van der Waals surface area contributed by atoms with E-state index in [9.17, 15) is 9.59 Å². The van der Waals surface area contributed by atoms with Crippen molar-refractivity contribution in [3.63, 3.8) is 0 Å². The second-order valence-corrected chi connectivity index (χ2v) is 4.70. The van der Waals surface area contributed by atoms with Crippen LogP contribution in [0.4, 0.5) is 5.82 Å². The summed E-state index contributed by atoms with van der Waals surface area (Å²) in [5.74, 6) is 0.0281. The van der Waals surface area contributed by atoms with E-state index in [0.717, 1.165) is 11.3 Å². The molecule has 2 aromatic heterocycles. The monoisotopic (exact) mass is 269 g/mol. The van der Waals surface area contributed by atoms with Crippen LogP contribution in [-0.2, 0) is 0 Å². The zero-order valence-corrected chi connectivity index (χ0v) is 10.4. The van der Waals surface area contributed by atoms with Gasteiger partial charge < -0.3 is 10.3 Å². The molecule has 2 aromatic rings. The lowest BCUT2D eigenvalue weighted by Gasteiger charge is -2.02. The molecule has 0 aliphatic carbocycles. The van der Waals surface area contributed by atoms with E-state index in [2.05, 4.69) is 15.3 Å². The largest absolute Gasteiger partial charge is 0.316 e. The van der Waals surface area contributed by atoms with Gasteiger partial charge in [0.15, 0.2) is 0 Å². The Kier molecular flexibility index (Phi) is 3.26. The van der Waals surface area contributed by atoms with Gasteiger partial charge in [-0.05, 0) is 19.1 Å². The molecule has 0 unspecified atom stereocenters. The number of thiazole rings is 1. The van der Waals surface area contributed by atoms with E-state index in [1.165, 1.54) is 6.20 Å². The van der Waals surface area contributed by atoms with Crippen LogP contribution < -0.4 is 10.2 Å². The van der Waals surface area contributed by atoms with Gasteiger partial charge in [0.2, 0.25) is 0 Å². The number of aromatic nitrogens is 2. The summed E-state index contributed by atoms with van der Waals surface area (Å²) in [5, 5.41) is 3.07. The predicted molar refractivity (Wildman–Crippen MR) is 66.9 cm³/mol. The molecule has 0 fully saturated rings. The van der Waals surface area contributed by atoms with Gasteiger partial charge in [-0.3, -0.25) is 9.59 Å². The maximum Gasteiger partial charge on any atom is 0.305 e. The first-order valence-corrected chi connectivity index (χ1v) is 5.88. The number of pyridine rings is 1. The molecule has 0 aliphatic heterocycles. The standard InChI is InChI=1S/C10H8ClN3O2S/c1-5-8(17-10(16)13-5)9(15)14-7-3-2-6(11)4-12-7/h2-4H,1H3,(H,13,16)(H,12,14,15). The van der Waals surface area contributed by atoms with Crippen molar-refractivity contribution in [2.75, 3.05) is 5.32 Å². The smallest absolute Gasteiger partial charge is 0.305 e. The Morgan fingerprint density at radius 1 is 1.53 bits per heavy atom. The summed E-state index contributed by atoms with van der Waals surface area (Å²) in [6.45, 7) is 1.67. The van der Waals surface area contributed by atoms with Gasteiger partial charge in [0, 0.05) is 11.9 Å². The average Bonchev–Trinajstić information content (AvgIpc) is 2.61. The second kappa shape index (κ2) is 4.68. The molecule has 2 N–H and O–H groups in total. The molecule has 0 saturated heterocycles. The Bertz CT molecular complexity index is 603. The molecule has 5 nitrogen and oxygen atoms in total. The van der Waals surface area contributed by atoms with Crippen molar-refractivity contribution < 1.29 is 4.79 Å². The van der Waals surface area contributed by atoms with Crippen LogP contribution in [0.1, 0.15) is 15.4 Å². The van der Waals surface area contributed by atoms with Crippen molar-refractivity contribution in [2.45, 2.75) is 6.92 Å². The van der Waals surface area contributed by atoms with E-state index in [0.29, 0.717) is 21.4 Å². The van der Waals surface area contributed by atoms with Crippen molar-refractivity contribution in [2.24, 2.45) is 0 Å². The summed E-state index contributed by atoms with van der Waals surface area (Å²) >= 11 is 6.54. The fraction of sp³-hybridized carbons (Fsp3) is 0.100. The number of nitrogens with zero attached hydrogens (tertiary/aromatic N) is 1. The van der Waals surface area contributed by atoms with Crippen molar-refractivity contribution in [3.05, 3.63) is 43.6 Å². The van der Waals surface area contributed by atoms with E-state index in [1.54, 1.807) is 19.1 Å². The van der Waals surface area contributed by atoms with Crippen molar-refractivity contribution in [3.8, 4) is 0 Å². The fourth-order valence-corrected chi connectivity index (χ4v) is 2.09. The van der Waals surface area contributed by atoms with Crippen molar-refractivity contribution >= 4 is 34.7 Å². The van der Waals surface area contributed by atoms with Gasteiger partial charge in [0.25, 0.3) is 5.91 Å². The minimum atomic E-state index is -0.360. The van der Waals surface area contributed by atoms with E-state index in [1.807, 2.05) is 0 Å². The molecule has 1 amide bonds. The van der Waals surface area contributed by atoms with Crippen LogP contribution in [0.5, 0.6) is 0 Å². The number of hydrogen-bond acceptors (Lipinski definition) is 4. The third-order valence-corrected chi connectivity index (χ3v) is 3.21. The lowest BCUT2D eigenvalue weighted by atomic mass is 10.3. The molecule has 88 valence electrons. The third-order valence-electron chi connectivity index (χ3n) is 2.00. The van der Waals surface area contributed by atoms with Crippen LogP contribution in [0.15, 0.2) is 23.1 Å². The number of rotatable bonds is 2. The highest BCUT2D eigenvalue weighted by Gasteiger charge is 2.13. The zero-order valence-electron chi connectivity index (χ0n) is 8.78. The first kappa shape index (κ1) is 11.8. The molecule has 2 rings (SSSR count). The Labute approximate surface area is 105 Å². The Morgan fingerprint density at radius 2 is 2.29 bits per heavy atom. The molecule has 0 aromatic carbocycles. The van der Waals surface area contributed by atoms with Crippen LogP contribution in [0.3, 0.4) is 0 Å². The molecule has 2 heterocycles. The molecule has 17 heavy (non-hydrogen) atoms. The van der Waals surface area contributed by atoms with Crippen molar-refractivity contribution in [1.29, 1.82) is 0 Å². The SMILES string of the molecule is Cc1[nH]c(=O)sc1C(=O)Nc1ccc(Cl)cn1. The van der Waals surface area contributed by atoms with Gasteiger partial charge in [-0.1, -0.05) is 22.9 Å². The lowest BCUT2D eigenvalue weighted by molar-refractivity contribution is 0.102. The summed E-state index contributed by atoms with van der Waals surface area (Å²) in [4.78, 5) is 29.4. The van der Waals surface area contributed by atoms with Gasteiger partial charge in [-0.2, -0.15) is 0 Å². The fourth-order valence-electron chi connectivity index (χ4n) is 1.24. The molecule has 0 atom stereocenters. The van der Waals surface area contributed by atoms with Gasteiger partial charge in [-0.15, -0.1) is 0 Å². The van der Waals surface area contributed by atoms with E-state index in [-0.39, 0.29) is 10.8 Å². The van der Waals surface area contributed by atoms with Crippen LogP contribution in [0.2, 0.25) is 5.02 Å². The summed E-state index contributed by atoms with van der Waals surface area (Å²) in [7, 11) is 0. The number of carbonyl (C=O) groups excluding carboxylic acids is 1. The Balaban J connectivity index is 2.20. The first-order chi connectivity index (χ1) is 8.06. The molecule has 0 radical (unpaired) electrons. The Hall–Kier alpha value is -1.66. The zero-order chi connectivity index (χ0) is 12.4. The van der Waals surface area contributed by atoms with Crippen molar-refractivity contribution in [1.82, 2.24) is 9.97 Å². The topological polar surface area (TPSA) is 74.8 Å².